The Balaban J connectivity index is 2.02. The largest absolute Gasteiger partial charge is 0.396 e. The van der Waals surface area contributed by atoms with Gasteiger partial charge in [-0.05, 0) is 17.7 Å². The molecule has 0 spiro atoms. The molecule has 0 aliphatic rings. The van der Waals surface area contributed by atoms with Crippen molar-refractivity contribution in [1.29, 1.82) is 0 Å². The van der Waals surface area contributed by atoms with Crippen LogP contribution in [0.25, 0.3) is 10.9 Å². The van der Waals surface area contributed by atoms with E-state index in [0.717, 1.165) is 13.1 Å². The van der Waals surface area contributed by atoms with E-state index >= 15 is 0 Å². The highest BCUT2D eigenvalue weighted by Gasteiger charge is 2.15. The number of fused-ring (bicyclic) bond motifs is 1. The van der Waals surface area contributed by atoms with Gasteiger partial charge < -0.3 is 15.4 Å². The van der Waals surface area contributed by atoms with E-state index in [2.05, 4.69) is 48.4 Å². The molecule has 3 heteroatoms. The minimum absolute atomic E-state index is 0.0635. The molecule has 0 amide bonds. The Kier molecular flexibility index (Phi) is 3.50. The topological polar surface area (TPSA) is 48.0 Å². The van der Waals surface area contributed by atoms with Crippen molar-refractivity contribution in [2.75, 3.05) is 13.2 Å². The van der Waals surface area contributed by atoms with Crippen molar-refractivity contribution in [3.05, 3.63) is 36.0 Å². The van der Waals surface area contributed by atoms with Gasteiger partial charge in [-0.25, -0.2) is 0 Å². The molecule has 1 aromatic heterocycles. The number of benzene rings is 1. The number of nitrogens with one attached hydrogen (secondary N) is 2. The number of hydrogen-bond acceptors (Lipinski definition) is 2. The summed E-state index contributed by atoms with van der Waals surface area (Å²) in [6.07, 6.45) is 1.96. The van der Waals surface area contributed by atoms with Crippen molar-refractivity contribution in [2.24, 2.45) is 5.41 Å². The predicted molar refractivity (Wildman–Crippen MR) is 70.9 cm³/mol. The molecule has 3 N–H and O–H groups in total. The summed E-state index contributed by atoms with van der Waals surface area (Å²) in [5, 5.41) is 13.9. The van der Waals surface area contributed by atoms with Gasteiger partial charge in [-0.3, -0.25) is 0 Å². The van der Waals surface area contributed by atoms with E-state index < -0.39 is 0 Å². The number of aromatic nitrogens is 1. The Morgan fingerprint density at radius 1 is 1.29 bits per heavy atom. The molecule has 0 atom stereocenters. The molecule has 2 rings (SSSR count). The Morgan fingerprint density at radius 3 is 2.88 bits per heavy atom. The monoisotopic (exact) mass is 232 g/mol. The second kappa shape index (κ2) is 4.90. The lowest BCUT2D eigenvalue weighted by Gasteiger charge is -2.22. The van der Waals surface area contributed by atoms with Crippen LogP contribution in [0.1, 0.15) is 19.4 Å². The van der Waals surface area contributed by atoms with Crippen molar-refractivity contribution in [2.45, 2.75) is 20.4 Å². The van der Waals surface area contributed by atoms with Gasteiger partial charge in [0, 0.05) is 42.2 Å². The molecule has 3 nitrogen and oxygen atoms in total. The Hall–Kier alpha value is -1.32. The smallest absolute Gasteiger partial charge is 0.0494 e. The molecule has 17 heavy (non-hydrogen) atoms. The number of aliphatic hydroxyl groups is 1. The fraction of sp³-hybridized carbons (Fsp3) is 0.429. The first-order valence-electron chi connectivity index (χ1n) is 5.99. The molecule has 0 bridgehead atoms. The van der Waals surface area contributed by atoms with Crippen LogP contribution in [0.5, 0.6) is 0 Å². The van der Waals surface area contributed by atoms with Gasteiger partial charge in [0.05, 0.1) is 0 Å². The number of aliphatic hydroxyl groups excluding tert-OH is 1. The fourth-order valence-corrected chi connectivity index (χ4v) is 1.90. The third kappa shape index (κ3) is 2.87. The third-order valence-electron chi connectivity index (χ3n) is 3.03. The summed E-state index contributed by atoms with van der Waals surface area (Å²) in [6.45, 7) is 5.95. The zero-order valence-corrected chi connectivity index (χ0v) is 10.5. The van der Waals surface area contributed by atoms with Crippen molar-refractivity contribution in [3.63, 3.8) is 0 Å². The molecule has 0 unspecified atom stereocenters. The van der Waals surface area contributed by atoms with E-state index in [1.165, 1.54) is 16.5 Å². The maximum absolute atomic E-state index is 9.18. The van der Waals surface area contributed by atoms with Gasteiger partial charge in [0.1, 0.15) is 0 Å². The van der Waals surface area contributed by atoms with E-state index in [-0.39, 0.29) is 12.0 Å². The third-order valence-corrected chi connectivity index (χ3v) is 3.03. The molecule has 0 aliphatic heterocycles. The first-order chi connectivity index (χ1) is 8.12. The molecule has 0 saturated carbocycles. The van der Waals surface area contributed by atoms with Gasteiger partial charge >= 0.3 is 0 Å². The normalized spacial score (nSPS) is 12.2. The Bertz CT molecular complexity index is 488. The molecule has 0 fully saturated rings. The standard InChI is InChI=1S/C14H20N2O/c1-14(2,10-17)9-15-8-11-4-3-5-13-12(11)6-7-16-13/h3-7,15-17H,8-10H2,1-2H3. The maximum atomic E-state index is 9.18. The van der Waals surface area contributed by atoms with Gasteiger partial charge in [0.15, 0.2) is 0 Å². The van der Waals surface area contributed by atoms with Crippen LogP contribution in [0.2, 0.25) is 0 Å². The Labute approximate surface area is 102 Å². The summed E-state index contributed by atoms with van der Waals surface area (Å²) in [7, 11) is 0. The first-order valence-corrected chi connectivity index (χ1v) is 5.99. The molecule has 0 aliphatic carbocycles. The van der Waals surface area contributed by atoms with E-state index in [0.29, 0.717) is 0 Å². The second-order valence-corrected chi connectivity index (χ2v) is 5.28. The van der Waals surface area contributed by atoms with E-state index in [4.69, 9.17) is 0 Å². The average Bonchev–Trinajstić information content (AvgIpc) is 2.78. The van der Waals surface area contributed by atoms with Crippen LogP contribution in [0.3, 0.4) is 0 Å². The number of rotatable bonds is 5. The molecular formula is C14H20N2O. The van der Waals surface area contributed by atoms with E-state index in [1.54, 1.807) is 0 Å². The number of hydrogen-bond donors (Lipinski definition) is 3. The highest BCUT2D eigenvalue weighted by molar-refractivity contribution is 5.82. The van der Waals surface area contributed by atoms with Crippen LogP contribution >= 0.6 is 0 Å². The van der Waals surface area contributed by atoms with Crippen LogP contribution in [0.4, 0.5) is 0 Å². The molecule has 1 heterocycles. The summed E-state index contributed by atoms with van der Waals surface area (Å²) in [5.41, 5.74) is 2.40. The summed E-state index contributed by atoms with van der Waals surface area (Å²) >= 11 is 0. The highest BCUT2D eigenvalue weighted by atomic mass is 16.3. The highest BCUT2D eigenvalue weighted by Crippen LogP contribution is 2.18. The van der Waals surface area contributed by atoms with E-state index in [9.17, 15) is 5.11 Å². The summed E-state index contributed by atoms with van der Waals surface area (Å²) in [5.74, 6) is 0. The lowest BCUT2D eigenvalue weighted by atomic mass is 9.95. The number of aromatic amines is 1. The predicted octanol–water partition coefficient (Wildman–Crippen LogP) is 2.28. The van der Waals surface area contributed by atoms with Crippen molar-refractivity contribution >= 4 is 10.9 Å². The fourth-order valence-electron chi connectivity index (χ4n) is 1.90. The van der Waals surface area contributed by atoms with Crippen LogP contribution < -0.4 is 5.32 Å². The van der Waals surface area contributed by atoms with Crippen molar-refractivity contribution in [1.82, 2.24) is 10.3 Å². The van der Waals surface area contributed by atoms with Gasteiger partial charge in [-0.2, -0.15) is 0 Å². The van der Waals surface area contributed by atoms with Crippen LogP contribution in [-0.4, -0.2) is 23.2 Å². The van der Waals surface area contributed by atoms with Gasteiger partial charge in [0.2, 0.25) is 0 Å². The van der Waals surface area contributed by atoms with Crippen molar-refractivity contribution < 1.29 is 5.11 Å². The van der Waals surface area contributed by atoms with Gasteiger partial charge in [0.25, 0.3) is 0 Å². The van der Waals surface area contributed by atoms with E-state index in [1.807, 2.05) is 6.20 Å². The zero-order valence-electron chi connectivity index (χ0n) is 10.5. The number of H-pyrrole nitrogens is 1. The molecule has 2 aromatic rings. The maximum Gasteiger partial charge on any atom is 0.0494 e. The minimum atomic E-state index is -0.0635. The molecule has 0 saturated heterocycles. The second-order valence-electron chi connectivity index (χ2n) is 5.28. The SMILES string of the molecule is CC(C)(CO)CNCc1cccc2[nH]ccc12. The molecule has 0 radical (unpaired) electrons. The lowest BCUT2D eigenvalue weighted by Crippen LogP contribution is -2.31. The summed E-state index contributed by atoms with van der Waals surface area (Å²) < 4.78 is 0. The first kappa shape index (κ1) is 12.1. The molecule has 1 aromatic carbocycles. The quantitative estimate of drug-likeness (QED) is 0.740. The van der Waals surface area contributed by atoms with Crippen LogP contribution in [0.15, 0.2) is 30.5 Å². The zero-order chi connectivity index (χ0) is 12.3. The van der Waals surface area contributed by atoms with Gasteiger partial charge in [-0.1, -0.05) is 26.0 Å². The average molecular weight is 232 g/mol. The van der Waals surface area contributed by atoms with Crippen LogP contribution in [0, 0.1) is 5.41 Å². The molecule has 92 valence electrons. The van der Waals surface area contributed by atoms with Crippen LogP contribution in [-0.2, 0) is 6.54 Å². The molecular weight excluding hydrogens is 212 g/mol. The summed E-state index contributed by atoms with van der Waals surface area (Å²) in [4.78, 5) is 3.21. The Morgan fingerprint density at radius 2 is 2.12 bits per heavy atom. The summed E-state index contributed by atoms with van der Waals surface area (Å²) in [6, 6.07) is 8.38. The van der Waals surface area contributed by atoms with Crippen molar-refractivity contribution in [3.8, 4) is 0 Å². The minimum Gasteiger partial charge on any atom is -0.396 e. The lowest BCUT2D eigenvalue weighted by molar-refractivity contribution is 0.157. The van der Waals surface area contributed by atoms with Gasteiger partial charge in [-0.15, -0.1) is 0 Å².